The second-order valence-corrected chi connectivity index (χ2v) is 5.07. The topological polar surface area (TPSA) is 9.23 Å². The third kappa shape index (κ3) is 2.14. The van der Waals surface area contributed by atoms with E-state index in [9.17, 15) is 4.39 Å². The molecule has 2 heteroatoms. The highest BCUT2D eigenvalue weighted by Crippen LogP contribution is 2.42. The lowest BCUT2D eigenvalue weighted by atomic mass is 9.85. The molecular formula is C15H17FO. The molecule has 17 heavy (non-hydrogen) atoms. The Bertz CT molecular complexity index is 415. The molecule has 1 nitrogen and oxygen atoms in total. The molecule has 3 rings (SSSR count). The van der Waals surface area contributed by atoms with Crippen molar-refractivity contribution >= 4 is 0 Å². The predicted molar refractivity (Wildman–Crippen MR) is 65.2 cm³/mol. The molecule has 0 amide bonds. The van der Waals surface area contributed by atoms with Gasteiger partial charge in [0.05, 0.1) is 5.60 Å². The van der Waals surface area contributed by atoms with Gasteiger partial charge in [0, 0.05) is 0 Å². The molecular weight excluding hydrogens is 215 g/mol. The van der Waals surface area contributed by atoms with Gasteiger partial charge in [-0.2, -0.15) is 0 Å². The summed E-state index contributed by atoms with van der Waals surface area (Å²) in [6, 6.07) is 6.62. The van der Waals surface area contributed by atoms with Gasteiger partial charge < -0.3 is 4.74 Å². The van der Waals surface area contributed by atoms with Gasteiger partial charge in [-0.05, 0) is 30.5 Å². The highest BCUT2D eigenvalue weighted by atomic mass is 19.1. The van der Waals surface area contributed by atoms with Crippen LogP contribution < -0.4 is 0 Å². The fourth-order valence-electron chi connectivity index (χ4n) is 2.86. The van der Waals surface area contributed by atoms with Gasteiger partial charge in [0.1, 0.15) is 11.9 Å². The smallest absolute Gasteiger partial charge is 0.123 e. The molecule has 90 valence electrons. The monoisotopic (exact) mass is 232 g/mol. The minimum atomic E-state index is -0.192. The van der Waals surface area contributed by atoms with Crippen molar-refractivity contribution in [3.8, 4) is 0 Å². The van der Waals surface area contributed by atoms with E-state index in [4.69, 9.17) is 4.74 Å². The Morgan fingerprint density at radius 3 is 2.47 bits per heavy atom. The van der Waals surface area contributed by atoms with Crippen LogP contribution in [0, 0.1) is 5.82 Å². The highest BCUT2D eigenvalue weighted by molar-refractivity contribution is 5.26. The maximum absolute atomic E-state index is 12.9. The van der Waals surface area contributed by atoms with Crippen LogP contribution in [0.4, 0.5) is 4.39 Å². The molecule has 1 atom stereocenters. The Labute approximate surface area is 101 Å². The molecule has 0 bridgehead atoms. The second kappa shape index (κ2) is 4.26. The SMILES string of the molecule is Fc1ccc(C2C=CC3(CCCCC3)O2)cc1. The average Bonchev–Trinajstić information content (AvgIpc) is 2.75. The normalized spacial score (nSPS) is 26.5. The Morgan fingerprint density at radius 1 is 1.06 bits per heavy atom. The van der Waals surface area contributed by atoms with Gasteiger partial charge in [0.25, 0.3) is 0 Å². The van der Waals surface area contributed by atoms with Gasteiger partial charge in [-0.3, -0.25) is 0 Å². The number of hydrogen-bond acceptors (Lipinski definition) is 1. The van der Waals surface area contributed by atoms with Crippen LogP contribution in [-0.4, -0.2) is 5.60 Å². The van der Waals surface area contributed by atoms with E-state index in [2.05, 4.69) is 12.2 Å². The van der Waals surface area contributed by atoms with E-state index in [1.807, 2.05) is 12.1 Å². The van der Waals surface area contributed by atoms with Crippen molar-refractivity contribution in [2.45, 2.75) is 43.8 Å². The van der Waals surface area contributed by atoms with Gasteiger partial charge in [-0.15, -0.1) is 0 Å². The number of benzene rings is 1. The van der Waals surface area contributed by atoms with Crippen molar-refractivity contribution in [2.24, 2.45) is 0 Å². The van der Waals surface area contributed by atoms with Crippen molar-refractivity contribution in [1.29, 1.82) is 0 Å². The van der Waals surface area contributed by atoms with Gasteiger partial charge >= 0.3 is 0 Å². The maximum Gasteiger partial charge on any atom is 0.123 e. The quantitative estimate of drug-likeness (QED) is 0.661. The number of halogens is 1. The molecule has 1 unspecified atom stereocenters. The third-order valence-corrected chi connectivity index (χ3v) is 3.83. The highest BCUT2D eigenvalue weighted by Gasteiger charge is 2.36. The molecule has 0 aromatic heterocycles. The summed E-state index contributed by atoms with van der Waals surface area (Å²) in [6.45, 7) is 0. The van der Waals surface area contributed by atoms with Crippen LogP contribution in [-0.2, 0) is 4.74 Å². The zero-order valence-corrected chi connectivity index (χ0v) is 9.86. The first kappa shape index (κ1) is 11.0. The van der Waals surface area contributed by atoms with E-state index in [-0.39, 0.29) is 17.5 Å². The lowest BCUT2D eigenvalue weighted by molar-refractivity contribution is -0.0473. The summed E-state index contributed by atoms with van der Waals surface area (Å²) < 4.78 is 19.0. The second-order valence-electron chi connectivity index (χ2n) is 5.07. The largest absolute Gasteiger partial charge is 0.359 e. The fraction of sp³-hybridized carbons (Fsp3) is 0.467. The lowest BCUT2D eigenvalue weighted by Gasteiger charge is -2.32. The van der Waals surface area contributed by atoms with Gasteiger partial charge in [0.2, 0.25) is 0 Å². The molecule has 0 N–H and O–H groups in total. The number of ether oxygens (including phenoxy) is 1. The molecule has 1 spiro atoms. The molecule has 0 saturated heterocycles. The summed E-state index contributed by atoms with van der Waals surface area (Å²) in [6.07, 6.45) is 10.4. The van der Waals surface area contributed by atoms with Crippen LogP contribution in [0.5, 0.6) is 0 Å². The van der Waals surface area contributed by atoms with E-state index in [1.54, 1.807) is 0 Å². The summed E-state index contributed by atoms with van der Waals surface area (Å²) in [7, 11) is 0. The molecule has 0 radical (unpaired) electrons. The van der Waals surface area contributed by atoms with Crippen molar-refractivity contribution in [1.82, 2.24) is 0 Å². The Kier molecular flexibility index (Phi) is 2.75. The molecule has 1 aliphatic carbocycles. The molecule has 2 aliphatic rings. The third-order valence-electron chi connectivity index (χ3n) is 3.83. The molecule has 1 saturated carbocycles. The van der Waals surface area contributed by atoms with E-state index in [1.165, 1.54) is 31.4 Å². The summed E-state index contributed by atoms with van der Waals surface area (Å²) >= 11 is 0. The van der Waals surface area contributed by atoms with Crippen molar-refractivity contribution < 1.29 is 9.13 Å². The van der Waals surface area contributed by atoms with E-state index >= 15 is 0 Å². The Balaban J connectivity index is 1.76. The zero-order valence-electron chi connectivity index (χ0n) is 9.86. The van der Waals surface area contributed by atoms with Crippen LogP contribution >= 0.6 is 0 Å². The Hall–Kier alpha value is -1.15. The summed E-state index contributed by atoms with van der Waals surface area (Å²) in [5.41, 5.74) is 1.02. The Morgan fingerprint density at radius 2 is 1.76 bits per heavy atom. The number of hydrogen-bond donors (Lipinski definition) is 0. The fourth-order valence-corrected chi connectivity index (χ4v) is 2.86. The van der Waals surface area contributed by atoms with Crippen LogP contribution in [0.1, 0.15) is 43.8 Å². The van der Waals surface area contributed by atoms with Crippen molar-refractivity contribution in [3.05, 3.63) is 47.8 Å². The van der Waals surface area contributed by atoms with E-state index < -0.39 is 0 Å². The van der Waals surface area contributed by atoms with Crippen LogP contribution in [0.3, 0.4) is 0 Å². The molecule has 1 heterocycles. The molecule has 1 aromatic carbocycles. The first-order valence-electron chi connectivity index (χ1n) is 6.40. The average molecular weight is 232 g/mol. The predicted octanol–water partition coefficient (Wildman–Crippen LogP) is 4.16. The van der Waals surface area contributed by atoms with Gasteiger partial charge in [0.15, 0.2) is 0 Å². The summed E-state index contributed by atoms with van der Waals surface area (Å²) in [5, 5.41) is 0. The van der Waals surface area contributed by atoms with Crippen molar-refractivity contribution in [3.63, 3.8) is 0 Å². The van der Waals surface area contributed by atoms with Crippen LogP contribution in [0.2, 0.25) is 0 Å². The zero-order chi connectivity index (χ0) is 11.7. The lowest BCUT2D eigenvalue weighted by Crippen LogP contribution is -2.30. The van der Waals surface area contributed by atoms with Gasteiger partial charge in [-0.1, -0.05) is 43.5 Å². The molecule has 1 fully saturated rings. The standard InChI is InChI=1S/C15H17FO/c16-13-6-4-12(5-7-13)14-8-11-15(17-14)9-2-1-3-10-15/h4-8,11,14H,1-3,9-10H2. The van der Waals surface area contributed by atoms with E-state index in [0.29, 0.717) is 0 Å². The first-order valence-corrected chi connectivity index (χ1v) is 6.40. The first-order chi connectivity index (χ1) is 8.27. The molecule has 1 aromatic rings. The van der Waals surface area contributed by atoms with Crippen LogP contribution in [0.15, 0.2) is 36.4 Å². The number of rotatable bonds is 1. The molecule has 1 aliphatic heterocycles. The van der Waals surface area contributed by atoms with E-state index in [0.717, 1.165) is 18.4 Å². The van der Waals surface area contributed by atoms with Crippen molar-refractivity contribution in [2.75, 3.05) is 0 Å². The minimum absolute atomic E-state index is 0.00806. The van der Waals surface area contributed by atoms with Crippen LogP contribution in [0.25, 0.3) is 0 Å². The summed E-state index contributed by atoms with van der Waals surface area (Å²) in [4.78, 5) is 0. The maximum atomic E-state index is 12.9. The minimum Gasteiger partial charge on any atom is -0.359 e. The van der Waals surface area contributed by atoms with Gasteiger partial charge in [-0.25, -0.2) is 4.39 Å². The summed E-state index contributed by atoms with van der Waals surface area (Å²) in [5.74, 6) is -0.192.